The molecule has 0 fully saturated rings. The molecule has 3 N–H and O–H groups in total. The highest BCUT2D eigenvalue weighted by Gasteiger charge is 2.26. The summed E-state index contributed by atoms with van der Waals surface area (Å²) in [4.78, 5) is 27.2. The lowest BCUT2D eigenvalue weighted by atomic mass is 9.75. The van der Waals surface area contributed by atoms with Crippen LogP contribution >= 0.6 is 23.2 Å². The van der Waals surface area contributed by atoms with Crippen molar-refractivity contribution in [2.24, 2.45) is 5.73 Å². The maximum absolute atomic E-state index is 13.2. The number of ether oxygens (including phenoxy) is 1. The van der Waals surface area contributed by atoms with Crippen LogP contribution in [0.2, 0.25) is 0 Å². The summed E-state index contributed by atoms with van der Waals surface area (Å²) in [6.45, 7) is 2.90. The zero-order valence-electron chi connectivity index (χ0n) is 19.6. The molecule has 1 amide bonds. The number of carbonyl (C=O) groups is 2. The lowest BCUT2D eigenvalue weighted by Crippen LogP contribution is -2.51. The molecule has 0 heterocycles. The summed E-state index contributed by atoms with van der Waals surface area (Å²) >= 11 is 11.8. The summed E-state index contributed by atoms with van der Waals surface area (Å²) in [5.41, 5.74) is 8.76. The molecule has 2 atom stereocenters. The molecule has 35 heavy (non-hydrogen) atoms. The summed E-state index contributed by atoms with van der Waals surface area (Å²) in [6.07, 6.45) is 0.220. The molecule has 0 aliphatic rings. The van der Waals surface area contributed by atoms with Crippen LogP contribution in [-0.2, 0) is 27.2 Å². The molecule has 4 radical (unpaired) electrons. The molecule has 11 heteroatoms. The lowest BCUT2D eigenvalue weighted by Gasteiger charge is -2.27. The van der Waals surface area contributed by atoms with Crippen LogP contribution < -0.4 is 26.9 Å². The predicted octanol–water partition coefficient (Wildman–Crippen LogP) is 0.858. The molecule has 6 nitrogen and oxygen atoms in total. The van der Waals surface area contributed by atoms with Crippen LogP contribution in [0.15, 0.2) is 36.4 Å². The minimum absolute atomic E-state index is 0.0965. The van der Waals surface area contributed by atoms with Gasteiger partial charge in [0, 0.05) is 37.0 Å². The van der Waals surface area contributed by atoms with Crippen molar-refractivity contribution >= 4 is 67.4 Å². The molecule has 0 saturated carbocycles. The van der Waals surface area contributed by atoms with Crippen LogP contribution in [0, 0.1) is 5.82 Å². The summed E-state index contributed by atoms with van der Waals surface area (Å²) in [5.74, 6) is -0.781. The van der Waals surface area contributed by atoms with Crippen molar-refractivity contribution in [2.75, 3.05) is 36.4 Å². The number of alkyl halides is 2. The molecule has 2 rings (SSSR count). The number of esters is 1. The minimum atomic E-state index is -1.01. The van der Waals surface area contributed by atoms with Gasteiger partial charge in [0.2, 0.25) is 5.91 Å². The van der Waals surface area contributed by atoms with Crippen molar-refractivity contribution in [3.05, 3.63) is 53.3 Å². The number of hydrogen-bond donors (Lipinski definition) is 2. The van der Waals surface area contributed by atoms with E-state index in [-0.39, 0.29) is 19.4 Å². The molecule has 184 valence electrons. The first-order valence-corrected chi connectivity index (χ1v) is 12.3. The Labute approximate surface area is 218 Å². The number of nitrogens with two attached hydrogens (primary N) is 1. The zero-order chi connectivity index (χ0) is 26.0. The van der Waals surface area contributed by atoms with Gasteiger partial charge in [-0.2, -0.15) is 0 Å². The highest BCUT2D eigenvalue weighted by molar-refractivity contribution is 6.51. The predicted molar refractivity (Wildman–Crippen MR) is 141 cm³/mol. The largest absolute Gasteiger partial charge is 0.464 e. The summed E-state index contributed by atoms with van der Waals surface area (Å²) in [5, 5.41) is 2.64. The van der Waals surface area contributed by atoms with Gasteiger partial charge in [-0.05, 0) is 37.1 Å². The van der Waals surface area contributed by atoms with Gasteiger partial charge < -0.3 is 20.7 Å². The fourth-order valence-corrected chi connectivity index (χ4v) is 3.99. The summed E-state index contributed by atoms with van der Waals surface area (Å²) in [7, 11) is 12.5. The van der Waals surface area contributed by atoms with E-state index in [0.29, 0.717) is 52.6 Å². The van der Waals surface area contributed by atoms with Crippen LogP contribution in [0.5, 0.6) is 0 Å². The number of nitrogens with zero attached hydrogens (tertiary/aromatic N) is 1. The molecule has 0 spiro atoms. The monoisotopic (exact) mass is 517 g/mol. The molecule has 0 aliphatic heterocycles. The van der Waals surface area contributed by atoms with E-state index in [2.05, 4.69) is 5.32 Å². The van der Waals surface area contributed by atoms with E-state index < -0.39 is 29.8 Å². The average Bonchev–Trinajstić information content (AvgIpc) is 2.83. The minimum Gasteiger partial charge on any atom is -0.464 e. The van der Waals surface area contributed by atoms with E-state index in [9.17, 15) is 14.0 Å². The topological polar surface area (TPSA) is 84.7 Å². The van der Waals surface area contributed by atoms with Crippen LogP contribution in [0.3, 0.4) is 0 Å². The van der Waals surface area contributed by atoms with Gasteiger partial charge in [0.1, 0.15) is 27.6 Å². The van der Waals surface area contributed by atoms with Crippen molar-refractivity contribution in [1.82, 2.24) is 5.32 Å². The first-order valence-electron chi connectivity index (χ1n) is 11.2. The zero-order valence-corrected chi connectivity index (χ0v) is 21.1. The van der Waals surface area contributed by atoms with Crippen molar-refractivity contribution in [1.29, 1.82) is 0 Å². The maximum Gasteiger partial charge on any atom is 0.328 e. The second kappa shape index (κ2) is 14.4. The fourth-order valence-electron chi connectivity index (χ4n) is 3.58. The third kappa shape index (κ3) is 8.44. The Balaban J connectivity index is 2.14. The number of anilines is 1. The molecule has 2 aromatic rings. The highest BCUT2D eigenvalue weighted by Crippen LogP contribution is 2.13. The Kier molecular flexibility index (Phi) is 11.9. The van der Waals surface area contributed by atoms with E-state index in [1.54, 1.807) is 19.1 Å². The molecule has 0 bridgehead atoms. The van der Waals surface area contributed by atoms with Gasteiger partial charge in [-0.25, -0.2) is 9.18 Å². The van der Waals surface area contributed by atoms with Crippen molar-refractivity contribution in [2.45, 2.75) is 31.8 Å². The van der Waals surface area contributed by atoms with E-state index in [0.717, 1.165) is 0 Å². The lowest BCUT2D eigenvalue weighted by molar-refractivity contribution is -0.147. The molecular formula is C24H28B2Cl2FN3O3. The van der Waals surface area contributed by atoms with Crippen molar-refractivity contribution in [3.63, 3.8) is 0 Å². The van der Waals surface area contributed by atoms with Crippen molar-refractivity contribution in [3.8, 4) is 0 Å². The quantitative estimate of drug-likeness (QED) is 0.234. The smallest absolute Gasteiger partial charge is 0.328 e. The molecular weight excluding hydrogens is 490 g/mol. The second-order valence-electron chi connectivity index (χ2n) is 7.89. The van der Waals surface area contributed by atoms with Gasteiger partial charge in [0.05, 0.1) is 12.6 Å². The molecule has 0 aromatic heterocycles. The fraction of sp³-hybridized carbons (Fsp3) is 0.417. The third-order valence-electron chi connectivity index (χ3n) is 5.42. The number of halogens is 3. The van der Waals surface area contributed by atoms with Crippen LogP contribution in [0.25, 0.3) is 0 Å². The number of benzene rings is 2. The summed E-state index contributed by atoms with van der Waals surface area (Å²) < 4.78 is 18.3. The molecule has 2 aromatic carbocycles. The highest BCUT2D eigenvalue weighted by atomic mass is 35.5. The maximum atomic E-state index is 13.2. The van der Waals surface area contributed by atoms with E-state index in [4.69, 9.17) is 49.4 Å². The van der Waals surface area contributed by atoms with Gasteiger partial charge in [0.25, 0.3) is 0 Å². The average molecular weight is 518 g/mol. The molecule has 0 aliphatic carbocycles. The Hall–Kier alpha value is -2.22. The second-order valence-corrected chi connectivity index (χ2v) is 8.65. The Bertz CT molecular complexity index is 993. The van der Waals surface area contributed by atoms with Crippen LogP contribution in [0.1, 0.15) is 18.1 Å². The number of rotatable bonds is 13. The van der Waals surface area contributed by atoms with Crippen LogP contribution in [-0.4, -0.2) is 71.1 Å². The number of hydrogen-bond acceptors (Lipinski definition) is 5. The first-order chi connectivity index (χ1) is 16.7. The Morgan fingerprint density at radius 2 is 1.69 bits per heavy atom. The van der Waals surface area contributed by atoms with E-state index in [1.807, 2.05) is 4.90 Å². The van der Waals surface area contributed by atoms with Gasteiger partial charge >= 0.3 is 5.97 Å². The first kappa shape index (κ1) is 29.0. The van der Waals surface area contributed by atoms with Gasteiger partial charge in [0.15, 0.2) is 0 Å². The van der Waals surface area contributed by atoms with Crippen LogP contribution in [0.4, 0.5) is 10.1 Å². The standard InChI is InChI=1S/C24H28B2Cl2FN3O3/c1-2-35-24(34)19(13-15-3-6-17(29)7-4-15)31-23(33)18(30)14-16-5-8-20(22(26)21(16)25)32(11-9-27)12-10-28/h3-8,18-19H,2,9-14,30H2,1H3,(H,31,33). The molecule has 2 unspecified atom stereocenters. The molecule has 0 saturated heterocycles. The third-order valence-corrected chi connectivity index (χ3v) is 5.76. The normalized spacial score (nSPS) is 12.6. The number of carbonyl (C=O) groups excluding carboxylic acids is 2. The Morgan fingerprint density at radius 1 is 1.06 bits per heavy atom. The van der Waals surface area contributed by atoms with Gasteiger partial charge in [-0.15, -0.1) is 23.2 Å². The number of nitrogens with one attached hydrogen (secondary N) is 1. The van der Waals surface area contributed by atoms with Gasteiger partial charge in [-0.1, -0.05) is 34.7 Å². The SMILES string of the molecule is [B]c1c(CC(N)C(=O)NC(Cc2ccc(F)cc2)C(=O)OCC)ccc(N(CCCl)CCCl)c1[B]. The Morgan fingerprint density at radius 3 is 2.26 bits per heavy atom. The van der Waals surface area contributed by atoms with Crippen molar-refractivity contribution < 1.29 is 18.7 Å². The van der Waals surface area contributed by atoms with E-state index in [1.165, 1.54) is 24.3 Å². The summed E-state index contributed by atoms with van der Waals surface area (Å²) in [6, 6.07) is 7.20. The van der Waals surface area contributed by atoms with E-state index >= 15 is 0 Å². The number of amides is 1. The van der Waals surface area contributed by atoms with Gasteiger partial charge in [-0.3, -0.25) is 4.79 Å².